The maximum absolute atomic E-state index is 11.4. The molecule has 0 aliphatic heterocycles. The highest BCUT2D eigenvalue weighted by Crippen LogP contribution is 2.19. The van der Waals surface area contributed by atoms with E-state index in [1.54, 1.807) is 0 Å². The van der Waals surface area contributed by atoms with Crippen molar-refractivity contribution in [2.24, 2.45) is 0 Å². The van der Waals surface area contributed by atoms with Gasteiger partial charge in [0.15, 0.2) is 0 Å². The SMILES string of the molecule is CC(C)(C)OC(=O)NCCOCC(Cl)c1ccccc1. The van der Waals surface area contributed by atoms with Gasteiger partial charge >= 0.3 is 6.09 Å². The van der Waals surface area contributed by atoms with Crippen LogP contribution in [-0.2, 0) is 9.47 Å². The standard InChI is InChI=1S/C15H22ClNO3/c1-15(2,3)20-14(18)17-9-10-19-11-13(16)12-7-5-4-6-8-12/h4-8,13H,9-11H2,1-3H3,(H,17,18). The Balaban J connectivity index is 2.12. The van der Waals surface area contributed by atoms with E-state index < -0.39 is 11.7 Å². The summed E-state index contributed by atoms with van der Waals surface area (Å²) in [7, 11) is 0. The lowest BCUT2D eigenvalue weighted by Crippen LogP contribution is -2.34. The first-order chi connectivity index (χ1) is 9.38. The monoisotopic (exact) mass is 299 g/mol. The molecule has 20 heavy (non-hydrogen) atoms. The number of carbonyl (C=O) groups is 1. The van der Waals surface area contributed by atoms with Gasteiger partial charge in [0.25, 0.3) is 0 Å². The van der Waals surface area contributed by atoms with Gasteiger partial charge in [-0.1, -0.05) is 30.3 Å². The molecule has 1 unspecified atom stereocenters. The molecule has 0 fully saturated rings. The van der Waals surface area contributed by atoms with Gasteiger partial charge < -0.3 is 14.8 Å². The van der Waals surface area contributed by atoms with E-state index in [9.17, 15) is 4.79 Å². The number of hydrogen-bond acceptors (Lipinski definition) is 3. The fourth-order valence-electron chi connectivity index (χ4n) is 1.48. The molecule has 1 rings (SSSR count). The van der Waals surface area contributed by atoms with Crippen LogP contribution in [0.25, 0.3) is 0 Å². The van der Waals surface area contributed by atoms with Crippen LogP contribution < -0.4 is 5.32 Å². The summed E-state index contributed by atoms with van der Waals surface area (Å²) in [6.45, 7) is 6.66. The molecular weight excluding hydrogens is 278 g/mol. The Morgan fingerprint density at radius 2 is 1.95 bits per heavy atom. The fraction of sp³-hybridized carbons (Fsp3) is 0.533. The molecule has 0 bridgehead atoms. The number of ether oxygens (including phenoxy) is 2. The number of amides is 1. The number of rotatable bonds is 6. The Kier molecular flexibility index (Phi) is 6.82. The van der Waals surface area contributed by atoms with Crippen molar-refractivity contribution < 1.29 is 14.3 Å². The smallest absolute Gasteiger partial charge is 0.407 e. The molecule has 0 saturated carbocycles. The minimum Gasteiger partial charge on any atom is -0.444 e. The largest absolute Gasteiger partial charge is 0.444 e. The summed E-state index contributed by atoms with van der Waals surface area (Å²) in [6.07, 6.45) is -0.438. The zero-order chi connectivity index (χ0) is 15.0. The summed E-state index contributed by atoms with van der Waals surface area (Å²) < 4.78 is 10.5. The van der Waals surface area contributed by atoms with E-state index in [0.717, 1.165) is 5.56 Å². The lowest BCUT2D eigenvalue weighted by molar-refractivity contribution is 0.0499. The van der Waals surface area contributed by atoms with E-state index in [0.29, 0.717) is 19.8 Å². The van der Waals surface area contributed by atoms with Gasteiger partial charge in [-0.25, -0.2) is 4.79 Å². The summed E-state index contributed by atoms with van der Waals surface area (Å²) in [5.74, 6) is 0. The second kappa shape index (κ2) is 8.12. The van der Waals surface area contributed by atoms with Crippen molar-refractivity contribution in [2.45, 2.75) is 31.7 Å². The Bertz CT molecular complexity index is 403. The molecule has 1 N–H and O–H groups in total. The number of nitrogens with one attached hydrogen (secondary N) is 1. The van der Waals surface area contributed by atoms with Crippen LogP contribution in [0.1, 0.15) is 31.7 Å². The van der Waals surface area contributed by atoms with Crippen molar-refractivity contribution in [3.8, 4) is 0 Å². The van der Waals surface area contributed by atoms with E-state index in [4.69, 9.17) is 21.1 Å². The summed E-state index contributed by atoms with van der Waals surface area (Å²) in [4.78, 5) is 11.4. The number of halogens is 1. The Labute approximate surface area is 125 Å². The van der Waals surface area contributed by atoms with Crippen LogP contribution in [0.5, 0.6) is 0 Å². The van der Waals surface area contributed by atoms with Gasteiger partial charge in [0, 0.05) is 6.54 Å². The lowest BCUT2D eigenvalue weighted by atomic mass is 10.2. The van der Waals surface area contributed by atoms with Crippen LogP contribution in [0, 0.1) is 0 Å². The van der Waals surface area contributed by atoms with Crippen molar-refractivity contribution in [1.29, 1.82) is 0 Å². The molecule has 1 aromatic rings. The molecule has 112 valence electrons. The van der Waals surface area contributed by atoms with Gasteiger partial charge in [0.1, 0.15) is 5.60 Å². The van der Waals surface area contributed by atoms with Gasteiger partial charge in [-0.3, -0.25) is 0 Å². The molecule has 0 spiro atoms. The Hall–Kier alpha value is -1.26. The summed E-state index contributed by atoms with van der Waals surface area (Å²) in [5.41, 5.74) is 0.536. The molecular formula is C15H22ClNO3. The highest BCUT2D eigenvalue weighted by atomic mass is 35.5. The van der Waals surface area contributed by atoms with Crippen molar-refractivity contribution in [2.75, 3.05) is 19.8 Å². The quantitative estimate of drug-likeness (QED) is 0.646. The van der Waals surface area contributed by atoms with E-state index in [1.165, 1.54) is 0 Å². The number of carbonyl (C=O) groups excluding carboxylic acids is 1. The van der Waals surface area contributed by atoms with Gasteiger partial charge in [-0.05, 0) is 26.3 Å². The van der Waals surface area contributed by atoms with Gasteiger partial charge in [0.2, 0.25) is 0 Å². The third kappa shape index (κ3) is 7.36. The van der Waals surface area contributed by atoms with Gasteiger partial charge in [-0.2, -0.15) is 0 Å². The average molecular weight is 300 g/mol. The molecule has 0 aromatic heterocycles. The minimum atomic E-state index is -0.487. The zero-order valence-corrected chi connectivity index (χ0v) is 12.9. The predicted octanol–water partition coefficient (Wildman–Crippen LogP) is 3.51. The molecule has 0 saturated heterocycles. The van der Waals surface area contributed by atoms with Crippen molar-refractivity contribution in [1.82, 2.24) is 5.32 Å². The molecule has 0 aliphatic carbocycles. The topological polar surface area (TPSA) is 47.6 Å². The van der Waals surface area contributed by atoms with Gasteiger partial charge in [0.05, 0.1) is 18.6 Å². The first kappa shape index (κ1) is 16.8. The van der Waals surface area contributed by atoms with Crippen LogP contribution >= 0.6 is 11.6 Å². The zero-order valence-electron chi connectivity index (χ0n) is 12.2. The minimum absolute atomic E-state index is 0.183. The normalized spacial score (nSPS) is 12.8. The average Bonchev–Trinajstić information content (AvgIpc) is 2.37. The molecule has 1 amide bonds. The third-order valence-corrected chi connectivity index (χ3v) is 2.72. The molecule has 1 atom stereocenters. The summed E-state index contributed by atoms with van der Waals surface area (Å²) >= 11 is 6.20. The van der Waals surface area contributed by atoms with E-state index in [-0.39, 0.29) is 5.38 Å². The predicted molar refractivity (Wildman–Crippen MR) is 80.1 cm³/mol. The number of hydrogen-bond donors (Lipinski definition) is 1. The van der Waals surface area contributed by atoms with Crippen LogP contribution in [0.4, 0.5) is 4.79 Å². The Morgan fingerprint density at radius 1 is 1.30 bits per heavy atom. The maximum atomic E-state index is 11.4. The first-order valence-corrected chi connectivity index (χ1v) is 7.06. The summed E-state index contributed by atoms with van der Waals surface area (Å²) in [6, 6.07) is 9.74. The van der Waals surface area contributed by atoms with E-state index in [1.807, 2.05) is 51.1 Å². The van der Waals surface area contributed by atoms with Crippen LogP contribution in [0.15, 0.2) is 30.3 Å². The first-order valence-electron chi connectivity index (χ1n) is 6.62. The molecule has 4 nitrogen and oxygen atoms in total. The molecule has 0 heterocycles. The van der Waals surface area contributed by atoms with E-state index >= 15 is 0 Å². The molecule has 5 heteroatoms. The highest BCUT2D eigenvalue weighted by Gasteiger charge is 2.15. The number of alkyl carbamates (subject to hydrolysis) is 1. The lowest BCUT2D eigenvalue weighted by Gasteiger charge is -2.19. The number of benzene rings is 1. The maximum Gasteiger partial charge on any atom is 0.407 e. The van der Waals surface area contributed by atoms with Crippen LogP contribution in [0.3, 0.4) is 0 Å². The van der Waals surface area contributed by atoms with Crippen molar-refractivity contribution >= 4 is 17.7 Å². The fourth-order valence-corrected chi connectivity index (χ4v) is 1.72. The molecule has 0 radical (unpaired) electrons. The molecule has 1 aromatic carbocycles. The van der Waals surface area contributed by atoms with Crippen molar-refractivity contribution in [3.05, 3.63) is 35.9 Å². The van der Waals surface area contributed by atoms with Crippen molar-refractivity contribution in [3.63, 3.8) is 0 Å². The van der Waals surface area contributed by atoms with Crippen LogP contribution in [0.2, 0.25) is 0 Å². The second-order valence-electron chi connectivity index (χ2n) is 5.38. The highest BCUT2D eigenvalue weighted by molar-refractivity contribution is 6.20. The van der Waals surface area contributed by atoms with E-state index in [2.05, 4.69) is 5.32 Å². The number of alkyl halides is 1. The van der Waals surface area contributed by atoms with Gasteiger partial charge in [-0.15, -0.1) is 11.6 Å². The molecule has 0 aliphatic rings. The second-order valence-corrected chi connectivity index (χ2v) is 5.91. The Morgan fingerprint density at radius 3 is 2.55 bits per heavy atom. The summed E-state index contributed by atoms with van der Waals surface area (Å²) in [5, 5.41) is 2.44. The van der Waals surface area contributed by atoms with Crippen LogP contribution in [-0.4, -0.2) is 31.5 Å². The third-order valence-electron chi connectivity index (χ3n) is 2.34.